The summed E-state index contributed by atoms with van der Waals surface area (Å²) in [6, 6.07) is 2.88. The molecule has 0 saturated carbocycles. The summed E-state index contributed by atoms with van der Waals surface area (Å²) in [6.45, 7) is 5.43. The number of benzene rings is 1. The average molecular weight is 235 g/mol. The zero-order chi connectivity index (χ0) is 12.6. The fourth-order valence-electron chi connectivity index (χ4n) is 1.25. The van der Waals surface area contributed by atoms with Gasteiger partial charge in [0.2, 0.25) is 0 Å². The normalized spacial score (nSPS) is 12.7. The minimum atomic E-state index is -4.67. The minimum absolute atomic E-state index is 0.251. The van der Waals surface area contributed by atoms with Gasteiger partial charge in [-0.25, -0.2) is 4.39 Å². The number of hydrogen-bond acceptors (Lipinski definition) is 1. The summed E-state index contributed by atoms with van der Waals surface area (Å²) in [5.41, 5.74) is -1.37. The molecule has 0 saturated heterocycles. The first kappa shape index (κ1) is 12.8. The van der Waals surface area contributed by atoms with Crippen molar-refractivity contribution in [2.24, 2.45) is 0 Å². The number of nitrogens with one attached hydrogen (secondary N) is 1. The monoisotopic (exact) mass is 235 g/mol. The third-order valence-electron chi connectivity index (χ3n) is 1.79. The van der Waals surface area contributed by atoms with Crippen LogP contribution in [-0.4, -0.2) is 5.54 Å². The Labute approximate surface area is 91.5 Å². The highest BCUT2D eigenvalue weighted by Crippen LogP contribution is 2.33. The lowest BCUT2D eigenvalue weighted by atomic mass is 10.1. The standard InChI is InChI=1S/C11H13F4N/c1-10(2,3)16-7-4-5-9(12)8(6-7)11(13,14)15/h4-6,16H,1-3H3. The molecule has 0 aromatic heterocycles. The van der Waals surface area contributed by atoms with Crippen molar-refractivity contribution in [3.8, 4) is 0 Å². The summed E-state index contributed by atoms with van der Waals surface area (Å²) < 4.78 is 50.1. The van der Waals surface area contributed by atoms with Crippen LogP contribution < -0.4 is 5.32 Å². The number of anilines is 1. The van der Waals surface area contributed by atoms with Crippen LogP contribution in [0.3, 0.4) is 0 Å². The number of halogens is 4. The molecule has 0 atom stereocenters. The van der Waals surface area contributed by atoms with Crippen molar-refractivity contribution < 1.29 is 17.6 Å². The Bertz CT molecular complexity index is 377. The van der Waals surface area contributed by atoms with Crippen LogP contribution in [0.25, 0.3) is 0 Å². The van der Waals surface area contributed by atoms with Crippen molar-refractivity contribution in [1.82, 2.24) is 0 Å². The maximum Gasteiger partial charge on any atom is 0.419 e. The second-order valence-corrected chi connectivity index (χ2v) is 4.57. The van der Waals surface area contributed by atoms with Crippen molar-refractivity contribution in [2.75, 3.05) is 5.32 Å². The highest BCUT2D eigenvalue weighted by molar-refractivity contribution is 5.48. The molecule has 0 aliphatic rings. The van der Waals surface area contributed by atoms with E-state index >= 15 is 0 Å². The molecule has 1 N–H and O–H groups in total. The molecule has 0 spiro atoms. The molecule has 1 aromatic carbocycles. The van der Waals surface area contributed by atoms with Crippen molar-refractivity contribution in [2.45, 2.75) is 32.5 Å². The molecular weight excluding hydrogens is 222 g/mol. The van der Waals surface area contributed by atoms with Gasteiger partial charge in [-0.15, -0.1) is 0 Å². The lowest BCUT2D eigenvalue weighted by Crippen LogP contribution is -2.26. The van der Waals surface area contributed by atoms with E-state index in [0.29, 0.717) is 0 Å². The largest absolute Gasteiger partial charge is 0.419 e. The molecule has 1 nitrogen and oxygen atoms in total. The Morgan fingerprint density at radius 1 is 1.06 bits per heavy atom. The van der Waals surface area contributed by atoms with Crippen LogP contribution in [-0.2, 0) is 6.18 Å². The third-order valence-corrected chi connectivity index (χ3v) is 1.79. The van der Waals surface area contributed by atoms with Gasteiger partial charge < -0.3 is 5.32 Å². The zero-order valence-electron chi connectivity index (χ0n) is 9.24. The first-order chi connectivity index (χ1) is 7.09. The van der Waals surface area contributed by atoms with Gasteiger partial charge in [-0.1, -0.05) is 0 Å². The highest BCUT2D eigenvalue weighted by Gasteiger charge is 2.34. The third kappa shape index (κ3) is 3.40. The lowest BCUT2D eigenvalue weighted by Gasteiger charge is -2.22. The molecule has 0 heterocycles. The molecule has 0 aliphatic heterocycles. The predicted octanol–water partition coefficient (Wildman–Crippen LogP) is 4.05. The Kier molecular flexibility index (Phi) is 3.17. The first-order valence-electron chi connectivity index (χ1n) is 4.74. The average Bonchev–Trinajstić information content (AvgIpc) is 2.04. The van der Waals surface area contributed by atoms with E-state index < -0.39 is 17.6 Å². The van der Waals surface area contributed by atoms with Crippen molar-refractivity contribution >= 4 is 5.69 Å². The molecule has 1 rings (SSSR count). The van der Waals surface area contributed by atoms with E-state index in [0.717, 1.165) is 12.1 Å². The van der Waals surface area contributed by atoms with Crippen molar-refractivity contribution in [3.63, 3.8) is 0 Å². The van der Waals surface area contributed by atoms with Gasteiger partial charge in [-0.05, 0) is 39.0 Å². The minimum Gasteiger partial charge on any atom is -0.380 e. The molecule has 5 heteroatoms. The van der Waals surface area contributed by atoms with E-state index in [9.17, 15) is 17.6 Å². The van der Waals surface area contributed by atoms with Crippen LogP contribution in [0.15, 0.2) is 18.2 Å². The molecule has 90 valence electrons. The van der Waals surface area contributed by atoms with E-state index in [1.54, 1.807) is 0 Å². The van der Waals surface area contributed by atoms with Gasteiger partial charge >= 0.3 is 6.18 Å². The van der Waals surface area contributed by atoms with E-state index in [1.807, 2.05) is 20.8 Å². The van der Waals surface area contributed by atoms with Crippen LogP contribution >= 0.6 is 0 Å². The second kappa shape index (κ2) is 3.96. The highest BCUT2D eigenvalue weighted by atomic mass is 19.4. The maximum atomic E-state index is 13.0. The van der Waals surface area contributed by atoms with Gasteiger partial charge in [0.25, 0.3) is 0 Å². The molecule has 0 fully saturated rings. The van der Waals surface area contributed by atoms with Crippen LogP contribution in [0, 0.1) is 5.82 Å². The summed E-state index contributed by atoms with van der Waals surface area (Å²) in [5.74, 6) is -1.26. The zero-order valence-corrected chi connectivity index (χ0v) is 9.24. The van der Waals surface area contributed by atoms with Crippen LogP contribution in [0.4, 0.5) is 23.2 Å². The van der Waals surface area contributed by atoms with Gasteiger partial charge in [0.05, 0.1) is 5.56 Å². The lowest BCUT2D eigenvalue weighted by molar-refractivity contribution is -0.139. The summed E-state index contributed by atoms with van der Waals surface area (Å²) >= 11 is 0. The Hall–Kier alpha value is -1.26. The molecule has 0 bridgehead atoms. The van der Waals surface area contributed by atoms with Crippen LogP contribution in [0.5, 0.6) is 0 Å². The SMILES string of the molecule is CC(C)(C)Nc1ccc(F)c(C(F)(F)F)c1. The van der Waals surface area contributed by atoms with E-state index in [2.05, 4.69) is 5.32 Å². The van der Waals surface area contributed by atoms with E-state index in [4.69, 9.17) is 0 Å². The van der Waals surface area contributed by atoms with Gasteiger partial charge in [-0.3, -0.25) is 0 Å². The molecule has 16 heavy (non-hydrogen) atoms. The number of hydrogen-bond donors (Lipinski definition) is 1. The van der Waals surface area contributed by atoms with E-state index in [-0.39, 0.29) is 11.2 Å². The fraction of sp³-hybridized carbons (Fsp3) is 0.455. The summed E-state index contributed by atoms with van der Waals surface area (Å²) in [5, 5.41) is 2.85. The van der Waals surface area contributed by atoms with Crippen LogP contribution in [0.2, 0.25) is 0 Å². The summed E-state index contributed by atoms with van der Waals surface area (Å²) in [6.07, 6.45) is -4.67. The topological polar surface area (TPSA) is 12.0 Å². The molecule has 0 aliphatic carbocycles. The first-order valence-corrected chi connectivity index (χ1v) is 4.74. The molecular formula is C11H13F4N. The molecule has 0 amide bonds. The number of alkyl halides is 3. The van der Waals surface area contributed by atoms with Gasteiger partial charge in [0, 0.05) is 11.2 Å². The van der Waals surface area contributed by atoms with Crippen LogP contribution in [0.1, 0.15) is 26.3 Å². The number of rotatable bonds is 1. The Morgan fingerprint density at radius 3 is 2.06 bits per heavy atom. The quantitative estimate of drug-likeness (QED) is 0.724. The molecule has 0 radical (unpaired) electrons. The predicted molar refractivity (Wildman–Crippen MR) is 54.8 cm³/mol. The van der Waals surface area contributed by atoms with Gasteiger partial charge in [0.1, 0.15) is 5.82 Å². The maximum absolute atomic E-state index is 13.0. The van der Waals surface area contributed by atoms with Gasteiger partial charge in [0.15, 0.2) is 0 Å². The Balaban J connectivity index is 3.09. The smallest absolute Gasteiger partial charge is 0.380 e. The molecule has 0 unspecified atom stereocenters. The van der Waals surface area contributed by atoms with Crippen molar-refractivity contribution in [3.05, 3.63) is 29.6 Å². The van der Waals surface area contributed by atoms with Gasteiger partial charge in [-0.2, -0.15) is 13.2 Å². The Morgan fingerprint density at radius 2 is 1.62 bits per heavy atom. The van der Waals surface area contributed by atoms with Crippen molar-refractivity contribution in [1.29, 1.82) is 0 Å². The fourth-order valence-corrected chi connectivity index (χ4v) is 1.25. The molecule has 1 aromatic rings. The summed E-state index contributed by atoms with van der Waals surface area (Å²) in [7, 11) is 0. The summed E-state index contributed by atoms with van der Waals surface area (Å²) in [4.78, 5) is 0. The van der Waals surface area contributed by atoms with E-state index in [1.165, 1.54) is 6.07 Å². The second-order valence-electron chi connectivity index (χ2n) is 4.57.